The zero-order valence-corrected chi connectivity index (χ0v) is 13.4. The van der Waals surface area contributed by atoms with Gasteiger partial charge in [-0.1, -0.05) is 35.0 Å². The summed E-state index contributed by atoms with van der Waals surface area (Å²) in [5, 5.41) is 12.6. The van der Waals surface area contributed by atoms with Crippen molar-refractivity contribution in [3.63, 3.8) is 0 Å². The molecule has 1 aromatic carbocycles. The van der Waals surface area contributed by atoms with Gasteiger partial charge < -0.3 is 10.4 Å². The molecule has 2 N–H and O–H groups in total. The summed E-state index contributed by atoms with van der Waals surface area (Å²) in [5.74, 6) is 0.0948. The summed E-state index contributed by atoms with van der Waals surface area (Å²) in [6, 6.07) is 8.33. The number of aliphatic hydroxyl groups is 1. The van der Waals surface area contributed by atoms with Gasteiger partial charge in [0, 0.05) is 16.4 Å². The highest BCUT2D eigenvalue weighted by atomic mass is 79.9. The lowest BCUT2D eigenvalue weighted by atomic mass is 9.92. The normalized spacial score (nSPS) is 24.1. The average molecular weight is 340 g/mol. The van der Waals surface area contributed by atoms with Gasteiger partial charge in [-0.05, 0) is 49.8 Å². The van der Waals surface area contributed by atoms with E-state index in [4.69, 9.17) is 0 Å². The van der Waals surface area contributed by atoms with Crippen molar-refractivity contribution in [2.45, 2.75) is 51.2 Å². The minimum absolute atomic E-state index is 0.0250. The van der Waals surface area contributed by atoms with Crippen molar-refractivity contribution in [3.8, 4) is 0 Å². The van der Waals surface area contributed by atoms with Crippen LogP contribution in [0.4, 0.5) is 0 Å². The molecule has 0 bridgehead atoms. The molecule has 4 heteroatoms. The zero-order chi connectivity index (χ0) is 14.5. The lowest BCUT2D eigenvalue weighted by Gasteiger charge is -2.27. The molecule has 110 valence electrons. The molecule has 1 aromatic rings. The highest BCUT2D eigenvalue weighted by Crippen LogP contribution is 2.19. The fraction of sp³-hybridized carbons (Fsp3) is 0.562. The van der Waals surface area contributed by atoms with Gasteiger partial charge in [-0.25, -0.2) is 0 Å². The molecular formula is C16H22BrNO2. The number of halogens is 1. The fourth-order valence-electron chi connectivity index (χ4n) is 2.63. The lowest BCUT2D eigenvalue weighted by molar-refractivity contribution is -0.125. The monoisotopic (exact) mass is 339 g/mol. The molecule has 1 aliphatic rings. The van der Waals surface area contributed by atoms with Crippen LogP contribution in [0, 0.1) is 5.92 Å². The smallest absolute Gasteiger partial charge is 0.223 e. The van der Waals surface area contributed by atoms with Gasteiger partial charge in [0.25, 0.3) is 0 Å². The molecule has 3 nitrogen and oxygen atoms in total. The van der Waals surface area contributed by atoms with Crippen LogP contribution in [0.15, 0.2) is 28.7 Å². The number of carbonyl (C=O) groups excluding carboxylic acids is 1. The molecule has 1 saturated carbocycles. The molecular weight excluding hydrogens is 318 g/mol. The summed E-state index contributed by atoms with van der Waals surface area (Å²) >= 11 is 3.41. The maximum absolute atomic E-state index is 12.2. The molecule has 0 spiro atoms. The molecule has 0 aliphatic heterocycles. The minimum atomic E-state index is -0.177. The lowest BCUT2D eigenvalue weighted by Crippen LogP contribution is -2.41. The van der Waals surface area contributed by atoms with Crippen LogP contribution in [0.1, 0.15) is 38.2 Å². The first-order chi connectivity index (χ1) is 9.54. The summed E-state index contributed by atoms with van der Waals surface area (Å²) in [6.07, 6.45) is 3.95. The van der Waals surface area contributed by atoms with E-state index >= 15 is 0 Å². The highest BCUT2D eigenvalue weighted by Gasteiger charge is 2.22. The van der Waals surface area contributed by atoms with Crippen molar-refractivity contribution < 1.29 is 9.90 Å². The van der Waals surface area contributed by atoms with Crippen LogP contribution < -0.4 is 5.32 Å². The number of aliphatic hydroxyl groups excluding tert-OH is 1. The number of carbonyl (C=O) groups is 1. The van der Waals surface area contributed by atoms with Gasteiger partial charge in [-0.15, -0.1) is 0 Å². The van der Waals surface area contributed by atoms with Crippen LogP contribution in [0.5, 0.6) is 0 Å². The Morgan fingerprint density at radius 2 is 1.90 bits per heavy atom. The Kier molecular flexibility index (Phi) is 5.61. The molecule has 1 fully saturated rings. The molecule has 20 heavy (non-hydrogen) atoms. The predicted molar refractivity (Wildman–Crippen MR) is 83.4 cm³/mol. The van der Waals surface area contributed by atoms with Crippen molar-refractivity contribution >= 4 is 21.8 Å². The van der Waals surface area contributed by atoms with E-state index in [1.54, 1.807) is 0 Å². The predicted octanol–water partition coefficient (Wildman–Crippen LogP) is 3.05. The molecule has 0 radical (unpaired) electrons. The van der Waals surface area contributed by atoms with Gasteiger partial charge in [0.1, 0.15) is 0 Å². The van der Waals surface area contributed by atoms with Crippen LogP contribution in [0.25, 0.3) is 0 Å². The van der Waals surface area contributed by atoms with E-state index in [-0.39, 0.29) is 24.0 Å². The third kappa shape index (κ3) is 4.60. The second-order valence-corrected chi connectivity index (χ2v) is 6.66. The summed E-state index contributed by atoms with van der Waals surface area (Å²) in [6.45, 7) is 1.97. The van der Waals surface area contributed by atoms with Crippen molar-refractivity contribution in [2.24, 2.45) is 5.92 Å². The molecule has 0 heterocycles. The van der Waals surface area contributed by atoms with Gasteiger partial charge in [-0.2, -0.15) is 0 Å². The highest BCUT2D eigenvalue weighted by molar-refractivity contribution is 9.10. The van der Waals surface area contributed by atoms with Gasteiger partial charge >= 0.3 is 0 Å². The van der Waals surface area contributed by atoms with Crippen LogP contribution in [-0.4, -0.2) is 23.2 Å². The van der Waals surface area contributed by atoms with E-state index in [0.29, 0.717) is 0 Å². The maximum Gasteiger partial charge on any atom is 0.223 e. The van der Waals surface area contributed by atoms with Crippen molar-refractivity contribution in [2.75, 3.05) is 0 Å². The number of amides is 1. The Labute approximate surface area is 128 Å². The molecule has 2 rings (SSSR count). The van der Waals surface area contributed by atoms with Crippen molar-refractivity contribution in [3.05, 3.63) is 34.3 Å². The quantitative estimate of drug-likeness (QED) is 0.885. The Bertz CT molecular complexity index is 438. The van der Waals surface area contributed by atoms with Gasteiger partial charge in [0.15, 0.2) is 0 Å². The number of benzene rings is 1. The zero-order valence-electron chi connectivity index (χ0n) is 11.8. The average Bonchev–Trinajstić information content (AvgIpc) is 2.44. The van der Waals surface area contributed by atoms with E-state index in [2.05, 4.69) is 21.2 Å². The summed E-state index contributed by atoms with van der Waals surface area (Å²) in [4.78, 5) is 12.2. The Hall–Kier alpha value is -0.870. The molecule has 0 saturated heterocycles. The number of rotatable bonds is 4. The largest absolute Gasteiger partial charge is 0.393 e. The number of hydrogen-bond acceptors (Lipinski definition) is 2. The van der Waals surface area contributed by atoms with E-state index < -0.39 is 0 Å². The number of nitrogens with one attached hydrogen (secondary N) is 1. The summed E-state index contributed by atoms with van der Waals surface area (Å²) in [7, 11) is 0. The Morgan fingerprint density at radius 3 is 2.50 bits per heavy atom. The first kappa shape index (κ1) is 15.5. The first-order valence-corrected chi connectivity index (χ1v) is 8.07. The second kappa shape index (κ2) is 7.23. The first-order valence-electron chi connectivity index (χ1n) is 7.27. The summed E-state index contributed by atoms with van der Waals surface area (Å²) < 4.78 is 1.05. The maximum atomic E-state index is 12.2. The second-order valence-electron chi connectivity index (χ2n) is 5.75. The Morgan fingerprint density at radius 1 is 1.30 bits per heavy atom. The van der Waals surface area contributed by atoms with Crippen LogP contribution >= 0.6 is 15.9 Å². The van der Waals surface area contributed by atoms with E-state index in [1.165, 1.54) is 5.56 Å². The van der Waals surface area contributed by atoms with Crippen LogP contribution in [0.2, 0.25) is 0 Å². The molecule has 1 atom stereocenters. The third-order valence-corrected chi connectivity index (χ3v) is 4.47. The molecule has 1 amide bonds. The van der Waals surface area contributed by atoms with Crippen molar-refractivity contribution in [1.29, 1.82) is 0 Å². The number of hydrogen-bond donors (Lipinski definition) is 2. The van der Waals surface area contributed by atoms with Gasteiger partial charge in [-0.3, -0.25) is 4.79 Å². The van der Waals surface area contributed by atoms with Crippen molar-refractivity contribution in [1.82, 2.24) is 5.32 Å². The summed E-state index contributed by atoms with van der Waals surface area (Å²) in [5.41, 5.74) is 1.18. The standard InChI is InChI=1S/C16H22BrNO2/c1-11(10-12-2-4-13(17)5-3-12)16(20)18-14-6-8-15(19)9-7-14/h2-5,11,14-15,19H,6-10H2,1H3,(H,18,20). The third-order valence-electron chi connectivity index (χ3n) is 3.95. The SMILES string of the molecule is CC(Cc1ccc(Br)cc1)C(=O)NC1CCC(O)CC1. The fourth-order valence-corrected chi connectivity index (χ4v) is 2.89. The molecule has 1 aliphatic carbocycles. The van der Waals surface area contributed by atoms with Gasteiger partial charge in [0.05, 0.1) is 6.10 Å². The van der Waals surface area contributed by atoms with Gasteiger partial charge in [0.2, 0.25) is 5.91 Å². The van der Waals surface area contributed by atoms with E-state index in [9.17, 15) is 9.90 Å². The Balaban J connectivity index is 1.81. The molecule has 1 unspecified atom stereocenters. The van der Waals surface area contributed by atoms with Crippen LogP contribution in [-0.2, 0) is 11.2 Å². The minimum Gasteiger partial charge on any atom is -0.393 e. The molecule has 0 aromatic heterocycles. The van der Waals surface area contributed by atoms with E-state index in [1.807, 2.05) is 31.2 Å². The van der Waals surface area contributed by atoms with Crippen LogP contribution in [0.3, 0.4) is 0 Å². The van der Waals surface area contributed by atoms with E-state index in [0.717, 1.165) is 36.6 Å². The topological polar surface area (TPSA) is 49.3 Å².